The summed E-state index contributed by atoms with van der Waals surface area (Å²) in [6.45, 7) is 4.64. The van der Waals surface area contributed by atoms with Gasteiger partial charge >= 0.3 is 0 Å². The van der Waals surface area contributed by atoms with E-state index in [1.807, 2.05) is 31.2 Å². The molecule has 0 aromatic heterocycles. The van der Waals surface area contributed by atoms with E-state index in [2.05, 4.69) is 0 Å². The van der Waals surface area contributed by atoms with Crippen LogP contribution in [0.15, 0.2) is 48.5 Å². The molecule has 2 aliphatic heterocycles. The van der Waals surface area contributed by atoms with Gasteiger partial charge in [0.1, 0.15) is 5.75 Å². The van der Waals surface area contributed by atoms with E-state index in [9.17, 15) is 14.4 Å². The lowest BCUT2D eigenvalue weighted by Crippen LogP contribution is -2.52. The molecule has 7 nitrogen and oxygen atoms in total. The normalized spacial score (nSPS) is 18.8. The van der Waals surface area contributed by atoms with E-state index in [1.54, 1.807) is 39.0 Å². The summed E-state index contributed by atoms with van der Waals surface area (Å²) < 4.78 is 5.45. The molecule has 0 unspecified atom stereocenters. The molecule has 0 radical (unpaired) electrons. The topological polar surface area (TPSA) is 70.2 Å². The van der Waals surface area contributed by atoms with Crippen molar-refractivity contribution in [3.63, 3.8) is 0 Å². The Balaban J connectivity index is 1.34. The summed E-state index contributed by atoms with van der Waals surface area (Å²) in [6, 6.07) is 14.3. The zero-order valence-electron chi connectivity index (χ0n) is 18.0. The Morgan fingerprint density at radius 1 is 1.00 bits per heavy atom. The summed E-state index contributed by atoms with van der Waals surface area (Å²) in [5.74, 6) is 0.164. The van der Waals surface area contributed by atoms with Gasteiger partial charge < -0.3 is 19.4 Å². The Bertz CT molecular complexity index is 1000. The first-order chi connectivity index (χ1) is 15.5. The van der Waals surface area contributed by atoms with Crippen molar-refractivity contribution >= 4 is 35.0 Å². The summed E-state index contributed by atoms with van der Waals surface area (Å²) in [5.41, 5.74) is 1.24. The molecule has 0 bridgehead atoms. The summed E-state index contributed by atoms with van der Waals surface area (Å²) in [6.07, 6.45) is 0.199. The number of nitrogens with zero attached hydrogens (tertiary/aromatic N) is 3. The fourth-order valence-electron chi connectivity index (χ4n) is 4.20. The molecule has 0 N–H and O–H groups in total. The molecule has 4 rings (SSSR count). The average Bonchev–Trinajstić information content (AvgIpc) is 3.21. The van der Waals surface area contributed by atoms with Gasteiger partial charge in [0.05, 0.1) is 23.1 Å². The highest BCUT2D eigenvalue weighted by molar-refractivity contribution is 6.33. The predicted molar refractivity (Wildman–Crippen MR) is 122 cm³/mol. The first-order valence-corrected chi connectivity index (χ1v) is 11.2. The number of ether oxygens (including phenoxy) is 1. The van der Waals surface area contributed by atoms with Crippen LogP contribution in [0.4, 0.5) is 5.69 Å². The van der Waals surface area contributed by atoms with E-state index < -0.39 is 0 Å². The van der Waals surface area contributed by atoms with Crippen molar-refractivity contribution in [2.24, 2.45) is 5.92 Å². The molecule has 2 heterocycles. The van der Waals surface area contributed by atoms with Gasteiger partial charge in [-0.2, -0.15) is 0 Å². The molecule has 168 valence electrons. The molecule has 0 saturated carbocycles. The van der Waals surface area contributed by atoms with Crippen LogP contribution in [0.2, 0.25) is 5.02 Å². The number of benzene rings is 2. The summed E-state index contributed by atoms with van der Waals surface area (Å²) in [4.78, 5) is 43.5. The van der Waals surface area contributed by atoms with Crippen LogP contribution < -0.4 is 9.64 Å². The highest BCUT2D eigenvalue weighted by Gasteiger charge is 2.38. The van der Waals surface area contributed by atoms with Gasteiger partial charge in [-0.25, -0.2) is 0 Å². The van der Waals surface area contributed by atoms with Crippen molar-refractivity contribution in [2.75, 3.05) is 44.2 Å². The van der Waals surface area contributed by atoms with Crippen molar-refractivity contribution in [1.82, 2.24) is 9.80 Å². The first-order valence-electron chi connectivity index (χ1n) is 10.8. The van der Waals surface area contributed by atoms with Gasteiger partial charge in [-0.15, -0.1) is 0 Å². The Labute approximate surface area is 192 Å². The molecule has 2 aromatic carbocycles. The van der Waals surface area contributed by atoms with Crippen LogP contribution in [0.5, 0.6) is 5.75 Å². The fourth-order valence-corrected chi connectivity index (χ4v) is 4.42. The minimum Gasteiger partial charge on any atom is -0.494 e. The van der Waals surface area contributed by atoms with E-state index >= 15 is 0 Å². The van der Waals surface area contributed by atoms with Gasteiger partial charge in [0.25, 0.3) is 5.91 Å². The van der Waals surface area contributed by atoms with Crippen molar-refractivity contribution in [1.29, 1.82) is 0 Å². The summed E-state index contributed by atoms with van der Waals surface area (Å²) in [7, 11) is 0. The van der Waals surface area contributed by atoms with E-state index in [-0.39, 0.29) is 30.1 Å². The molecule has 2 fully saturated rings. The summed E-state index contributed by atoms with van der Waals surface area (Å²) in [5, 5.41) is 0.426. The molecule has 1 atom stereocenters. The number of amides is 3. The molecule has 2 aromatic rings. The SMILES string of the molecule is CCOc1ccc(N2C[C@@H](C(=O)N3CCN(C(=O)c4ccccc4Cl)CC3)CC2=O)cc1. The van der Waals surface area contributed by atoms with Gasteiger partial charge in [-0.1, -0.05) is 23.7 Å². The molecule has 0 aliphatic carbocycles. The third kappa shape index (κ3) is 4.58. The van der Waals surface area contributed by atoms with Crippen LogP contribution in [-0.4, -0.2) is 66.9 Å². The third-order valence-corrected chi connectivity index (χ3v) is 6.25. The molecule has 3 amide bonds. The predicted octanol–water partition coefficient (Wildman–Crippen LogP) is 3.08. The zero-order valence-corrected chi connectivity index (χ0v) is 18.8. The number of hydrogen-bond donors (Lipinski definition) is 0. The van der Waals surface area contributed by atoms with Crippen molar-refractivity contribution in [3.8, 4) is 5.75 Å². The molecule has 8 heteroatoms. The van der Waals surface area contributed by atoms with Crippen LogP contribution in [0.3, 0.4) is 0 Å². The third-order valence-electron chi connectivity index (χ3n) is 5.92. The van der Waals surface area contributed by atoms with Gasteiger partial charge in [0.2, 0.25) is 11.8 Å². The Morgan fingerprint density at radius 3 is 2.31 bits per heavy atom. The highest BCUT2D eigenvalue weighted by Crippen LogP contribution is 2.28. The zero-order chi connectivity index (χ0) is 22.7. The van der Waals surface area contributed by atoms with Crippen molar-refractivity contribution < 1.29 is 19.1 Å². The average molecular weight is 456 g/mol. The fraction of sp³-hybridized carbons (Fsp3) is 0.375. The van der Waals surface area contributed by atoms with Crippen LogP contribution in [-0.2, 0) is 9.59 Å². The molecule has 2 aliphatic rings. The number of halogens is 1. The lowest BCUT2D eigenvalue weighted by atomic mass is 10.1. The Kier molecular flexibility index (Phi) is 6.65. The lowest BCUT2D eigenvalue weighted by Gasteiger charge is -2.36. The summed E-state index contributed by atoms with van der Waals surface area (Å²) >= 11 is 6.15. The van der Waals surface area contributed by atoms with Gasteiger partial charge in [0, 0.05) is 44.8 Å². The van der Waals surface area contributed by atoms with Gasteiger partial charge in [-0.3, -0.25) is 14.4 Å². The Morgan fingerprint density at radius 2 is 1.66 bits per heavy atom. The number of hydrogen-bond acceptors (Lipinski definition) is 4. The van der Waals surface area contributed by atoms with Crippen LogP contribution >= 0.6 is 11.6 Å². The van der Waals surface area contributed by atoms with Crippen LogP contribution in [0, 0.1) is 5.92 Å². The molecule has 32 heavy (non-hydrogen) atoms. The van der Waals surface area contributed by atoms with E-state index in [1.165, 1.54) is 0 Å². The lowest BCUT2D eigenvalue weighted by molar-refractivity contribution is -0.137. The Hall–Kier alpha value is -3.06. The number of carbonyl (C=O) groups excluding carboxylic acids is 3. The van der Waals surface area contributed by atoms with Crippen molar-refractivity contribution in [2.45, 2.75) is 13.3 Å². The molecular formula is C24H26ClN3O4. The second kappa shape index (κ2) is 9.61. The standard InChI is InChI=1S/C24H26ClN3O4/c1-2-32-19-9-7-18(8-10-19)28-16-17(15-22(28)29)23(30)26-11-13-27(14-12-26)24(31)20-5-3-4-6-21(20)25/h3-10,17H,2,11-16H2,1H3/t17-/m0/s1. The molecular weight excluding hydrogens is 430 g/mol. The number of rotatable bonds is 5. The van der Waals surface area contributed by atoms with Crippen molar-refractivity contribution in [3.05, 3.63) is 59.1 Å². The maximum Gasteiger partial charge on any atom is 0.255 e. The second-order valence-corrected chi connectivity index (χ2v) is 8.34. The minimum absolute atomic E-state index is 0.0309. The number of anilines is 1. The monoisotopic (exact) mass is 455 g/mol. The number of piperazine rings is 1. The highest BCUT2D eigenvalue weighted by atomic mass is 35.5. The van der Waals surface area contributed by atoms with E-state index in [0.717, 1.165) is 11.4 Å². The van der Waals surface area contributed by atoms with Gasteiger partial charge in [-0.05, 0) is 43.3 Å². The maximum atomic E-state index is 13.1. The van der Waals surface area contributed by atoms with E-state index in [0.29, 0.717) is 49.9 Å². The number of carbonyl (C=O) groups is 3. The van der Waals surface area contributed by atoms with Crippen LogP contribution in [0.1, 0.15) is 23.7 Å². The molecule has 0 spiro atoms. The minimum atomic E-state index is -0.375. The van der Waals surface area contributed by atoms with E-state index in [4.69, 9.17) is 16.3 Å². The maximum absolute atomic E-state index is 13.1. The smallest absolute Gasteiger partial charge is 0.255 e. The quantitative estimate of drug-likeness (QED) is 0.694. The molecule has 2 saturated heterocycles. The first kappa shape index (κ1) is 22.1. The van der Waals surface area contributed by atoms with Gasteiger partial charge in [0.15, 0.2) is 0 Å². The van der Waals surface area contributed by atoms with Crippen LogP contribution in [0.25, 0.3) is 0 Å². The largest absolute Gasteiger partial charge is 0.494 e. The second-order valence-electron chi connectivity index (χ2n) is 7.93.